The number of pyridine rings is 1. The van der Waals surface area contributed by atoms with E-state index in [2.05, 4.69) is 20.9 Å². The summed E-state index contributed by atoms with van der Waals surface area (Å²) in [6.45, 7) is -0.732. The Kier molecular flexibility index (Phi) is 3.64. The molecule has 15 heavy (non-hydrogen) atoms. The molecule has 0 aliphatic heterocycles. The monoisotopic (exact) mass is 282 g/mol. The summed E-state index contributed by atoms with van der Waals surface area (Å²) in [6, 6.07) is 0. The second kappa shape index (κ2) is 4.58. The molecule has 5 nitrogen and oxygen atoms in total. The van der Waals surface area contributed by atoms with E-state index in [0.29, 0.717) is 6.20 Å². The summed E-state index contributed by atoms with van der Waals surface area (Å²) in [7, 11) is 0. The van der Waals surface area contributed by atoms with Gasteiger partial charge in [0.05, 0.1) is 17.1 Å². The van der Waals surface area contributed by atoms with Gasteiger partial charge < -0.3 is 5.11 Å². The molecule has 0 saturated carbocycles. The average Bonchev–Trinajstić information content (AvgIpc) is 2.16. The number of halogens is 3. The fourth-order valence-corrected chi connectivity index (χ4v) is 1.47. The van der Waals surface area contributed by atoms with Crippen molar-refractivity contribution >= 4 is 21.6 Å². The van der Waals surface area contributed by atoms with E-state index in [0.717, 1.165) is 0 Å². The van der Waals surface area contributed by atoms with Crippen molar-refractivity contribution in [2.75, 3.05) is 0 Å². The zero-order chi connectivity index (χ0) is 11.6. The molecule has 0 amide bonds. The van der Waals surface area contributed by atoms with Gasteiger partial charge in [-0.2, -0.15) is 0 Å². The number of aliphatic hydroxyl groups excluding tert-OH is 1. The van der Waals surface area contributed by atoms with Crippen molar-refractivity contribution in [1.82, 2.24) is 4.98 Å². The third kappa shape index (κ3) is 2.26. The molecule has 0 atom stereocenters. The highest BCUT2D eigenvalue weighted by molar-refractivity contribution is 9.10. The molecule has 0 radical (unpaired) electrons. The van der Waals surface area contributed by atoms with Gasteiger partial charge in [0.15, 0.2) is 0 Å². The summed E-state index contributed by atoms with van der Waals surface area (Å²) < 4.78 is 24.8. The van der Waals surface area contributed by atoms with Crippen LogP contribution < -0.4 is 0 Å². The Morgan fingerprint density at radius 1 is 1.67 bits per heavy atom. The summed E-state index contributed by atoms with van der Waals surface area (Å²) in [5, 5.41) is 19.4. The van der Waals surface area contributed by atoms with Crippen molar-refractivity contribution in [1.29, 1.82) is 0 Å². The highest BCUT2D eigenvalue weighted by Gasteiger charge is 2.27. The first-order chi connectivity index (χ1) is 6.99. The maximum Gasteiger partial charge on any atom is 0.288 e. The van der Waals surface area contributed by atoms with Crippen LogP contribution in [0.3, 0.4) is 0 Å². The lowest BCUT2D eigenvalue weighted by Crippen LogP contribution is -2.03. The molecule has 0 aliphatic rings. The van der Waals surface area contributed by atoms with Gasteiger partial charge in [-0.05, 0) is 15.9 Å². The van der Waals surface area contributed by atoms with Crippen molar-refractivity contribution in [3.63, 3.8) is 0 Å². The lowest BCUT2D eigenvalue weighted by atomic mass is 10.1. The topological polar surface area (TPSA) is 76.3 Å². The van der Waals surface area contributed by atoms with Gasteiger partial charge in [-0.1, -0.05) is 0 Å². The van der Waals surface area contributed by atoms with E-state index < -0.39 is 29.2 Å². The van der Waals surface area contributed by atoms with Crippen molar-refractivity contribution in [2.24, 2.45) is 0 Å². The number of hydrogen-bond donors (Lipinski definition) is 1. The van der Waals surface area contributed by atoms with Crippen LogP contribution >= 0.6 is 15.9 Å². The first kappa shape index (κ1) is 11.9. The van der Waals surface area contributed by atoms with E-state index >= 15 is 0 Å². The molecule has 0 saturated heterocycles. The molecule has 0 unspecified atom stereocenters. The van der Waals surface area contributed by atoms with Crippen LogP contribution in [0.15, 0.2) is 10.8 Å². The Balaban J connectivity index is 3.49. The van der Waals surface area contributed by atoms with Crippen molar-refractivity contribution in [2.45, 2.75) is 13.0 Å². The van der Waals surface area contributed by atoms with E-state index in [1.807, 2.05) is 0 Å². The second-order valence-corrected chi connectivity index (χ2v) is 3.30. The number of aromatic nitrogens is 1. The molecule has 1 rings (SSSR count). The lowest BCUT2D eigenvalue weighted by Gasteiger charge is -2.06. The van der Waals surface area contributed by atoms with Crippen LogP contribution in [-0.4, -0.2) is 15.0 Å². The average molecular weight is 283 g/mol. The van der Waals surface area contributed by atoms with Crippen LogP contribution in [0.25, 0.3) is 0 Å². The number of nitrogens with zero attached hydrogens (tertiary/aromatic N) is 2. The third-order valence-electron chi connectivity index (χ3n) is 1.70. The standard InChI is InChI=1S/C7H5BrF2N2O3/c8-6-4(2-13)5(12(14)15)3(1-11-6)7(9)10/h1,7,13H,2H2. The van der Waals surface area contributed by atoms with Gasteiger partial charge in [-0.15, -0.1) is 0 Å². The van der Waals surface area contributed by atoms with Crippen LogP contribution in [0.1, 0.15) is 17.6 Å². The number of alkyl halides is 2. The fourth-order valence-electron chi connectivity index (χ4n) is 1.05. The molecule has 0 fully saturated rings. The Bertz CT molecular complexity index is 400. The van der Waals surface area contributed by atoms with Gasteiger partial charge in [0.2, 0.25) is 0 Å². The first-order valence-corrected chi connectivity index (χ1v) is 4.49. The second-order valence-electron chi connectivity index (χ2n) is 2.55. The molecule has 1 aromatic rings. The van der Waals surface area contributed by atoms with Crippen LogP contribution in [0.5, 0.6) is 0 Å². The number of hydrogen-bond acceptors (Lipinski definition) is 4. The minimum Gasteiger partial charge on any atom is -0.391 e. The number of aliphatic hydroxyl groups is 1. The van der Waals surface area contributed by atoms with E-state index in [4.69, 9.17) is 5.11 Å². The molecule has 1 N–H and O–H groups in total. The Morgan fingerprint density at radius 2 is 2.27 bits per heavy atom. The van der Waals surface area contributed by atoms with E-state index in [1.165, 1.54) is 0 Å². The predicted octanol–water partition coefficient (Wildman–Crippen LogP) is 2.18. The van der Waals surface area contributed by atoms with Crippen molar-refractivity contribution in [3.05, 3.63) is 32.0 Å². The molecule has 0 spiro atoms. The molecule has 0 aromatic carbocycles. The van der Waals surface area contributed by atoms with Gasteiger partial charge in [0.1, 0.15) is 10.2 Å². The molecule has 1 heterocycles. The smallest absolute Gasteiger partial charge is 0.288 e. The molecule has 8 heteroatoms. The largest absolute Gasteiger partial charge is 0.391 e. The normalized spacial score (nSPS) is 10.7. The molecule has 82 valence electrons. The van der Waals surface area contributed by atoms with Gasteiger partial charge in [0.25, 0.3) is 12.1 Å². The zero-order valence-electron chi connectivity index (χ0n) is 7.15. The molecular formula is C7H5BrF2N2O3. The molecule has 1 aromatic heterocycles. The SMILES string of the molecule is O=[N+]([O-])c1c(C(F)F)cnc(Br)c1CO. The van der Waals surface area contributed by atoms with E-state index in [9.17, 15) is 18.9 Å². The first-order valence-electron chi connectivity index (χ1n) is 3.69. The van der Waals surface area contributed by atoms with Crippen LogP contribution in [-0.2, 0) is 6.61 Å². The van der Waals surface area contributed by atoms with Crippen molar-refractivity contribution in [3.8, 4) is 0 Å². The summed E-state index contributed by atoms with van der Waals surface area (Å²) in [6.07, 6.45) is -2.29. The third-order valence-corrected chi connectivity index (χ3v) is 2.38. The number of rotatable bonds is 3. The minimum absolute atomic E-state index is 0.0129. The highest BCUT2D eigenvalue weighted by atomic mass is 79.9. The Morgan fingerprint density at radius 3 is 2.67 bits per heavy atom. The minimum atomic E-state index is -3.00. The van der Waals surface area contributed by atoms with Crippen LogP contribution in [0.2, 0.25) is 0 Å². The summed E-state index contributed by atoms with van der Waals surface area (Å²) in [5.74, 6) is 0. The van der Waals surface area contributed by atoms with Gasteiger partial charge in [0, 0.05) is 6.20 Å². The number of nitro groups is 1. The van der Waals surface area contributed by atoms with Crippen LogP contribution in [0.4, 0.5) is 14.5 Å². The predicted molar refractivity (Wildman–Crippen MR) is 49.5 cm³/mol. The lowest BCUT2D eigenvalue weighted by molar-refractivity contribution is -0.387. The van der Waals surface area contributed by atoms with Gasteiger partial charge in [-0.3, -0.25) is 10.1 Å². The maximum atomic E-state index is 12.4. The van der Waals surface area contributed by atoms with E-state index in [-0.39, 0.29) is 10.2 Å². The molecule has 0 bridgehead atoms. The van der Waals surface area contributed by atoms with Crippen LogP contribution in [0, 0.1) is 10.1 Å². The summed E-state index contributed by atoms with van der Waals surface area (Å²) in [4.78, 5) is 13.1. The van der Waals surface area contributed by atoms with E-state index in [1.54, 1.807) is 0 Å². The van der Waals surface area contributed by atoms with Gasteiger partial charge in [-0.25, -0.2) is 13.8 Å². The summed E-state index contributed by atoms with van der Waals surface area (Å²) in [5.41, 5.74) is -1.85. The quantitative estimate of drug-likeness (QED) is 0.524. The summed E-state index contributed by atoms with van der Waals surface area (Å²) >= 11 is 2.84. The zero-order valence-corrected chi connectivity index (χ0v) is 8.74. The van der Waals surface area contributed by atoms with Gasteiger partial charge >= 0.3 is 0 Å². The molecular weight excluding hydrogens is 278 g/mol. The Labute approximate surface area is 91.0 Å². The van der Waals surface area contributed by atoms with Crippen molar-refractivity contribution < 1.29 is 18.8 Å². The fraction of sp³-hybridized carbons (Fsp3) is 0.286. The molecule has 0 aliphatic carbocycles. The Hall–Kier alpha value is -1.15. The maximum absolute atomic E-state index is 12.4. The highest BCUT2D eigenvalue weighted by Crippen LogP contribution is 2.34.